The van der Waals surface area contributed by atoms with E-state index in [0.29, 0.717) is 18.3 Å². The molecule has 0 aliphatic carbocycles. The molecule has 0 saturated heterocycles. The van der Waals surface area contributed by atoms with Crippen LogP contribution in [0.15, 0.2) is 54.6 Å². The molecule has 106 valence electrons. The molecule has 0 aliphatic heterocycles. The van der Waals surface area contributed by atoms with Gasteiger partial charge in [-0.15, -0.1) is 0 Å². The predicted octanol–water partition coefficient (Wildman–Crippen LogP) is 3.94. The average molecular weight is 273 g/mol. The molecule has 0 aromatic heterocycles. The van der Waals surface area contributed by atoms with Crippen LogP contribution in [0.3, 0.4) is 0 Å². The summed E-state index contributed by atoms with van der Waals surface area (Å²) < 4.78 is 18.9. The number of halogens is 1. The van der Waals surface area contributed by atoms with Gasteiger partial charge in [0.1, 0.15) is 17.7 Å². The molecule has 0 spiro atoms. The first kappa shape index (κ1) is 14.5. The Bertz CT molecular complexity index is 510. The van der Waals surface area contributed by atoms with E-state index in [0.717, 1.165) is 5.56 Å². The van der Waals surface area contributed by atoms with Crippen molar-refractivity contribution in [3.05, 3.63) is 66.0 Å². The van der Waals surface area contributed by atoms with Crippen molar-refractivity contribution in [2.75, 3.05) is 6.54 Å². The van der Waals surface area contributed by atoms with Crippen LogP contribution in [0.5, 0.6) is 5.75 Å². The van der Waals surface area contributed by atoms with Crippen molar-refractivity contribution in [1.82, 2.24) is 5.32 Å². The summed E-state index contributed by atoms with van der Waals surface area (Å²) in [5, 5.41) is 3.38. The van der Waals surface area contributed by atoms with Crippen LogP contribution in [0.1, 0.15) is 25.5 Å². The summed E-state index contributed by atoms with van der Waals surface area (Å²) in [6.45, 7) is 4.90. The lowest BCUT2D eigenvalue weighted by molar-refractivity contribution is 0.198. The van der Waals surface area contributed by atoms with Crippen molar-refractivity contribution < 1.29 is 9.13 Å². The minimum Gasteiger partial charge on any atom is -0.484 e. The van der Waals surface area contributed by atoms with Gasteiger partial charge in [-0.1, -0.05) is 44.2 Å². The van der Waals surface area contributed by atoms with Gasteiger partial charge in [-0.2, -0.15) is 0 Å². The van der Waals surface area contributed by atoms with E-state index in [9.17, 15) is 4.39 Å². The van der Waals surface area contributed by atoms with Crippen molar-refractivity contribution in [3.8, 4) is 5.75 Å². The molecule has 1 atom stereocenters. The highest BCUT2D eigenvalue weighted by Gasteiger charge is 2.13. The number of nitrogens with one attached hydrogen (secondary N) is 1. The smallest absolute Gasteiger partial charge is 0.136 e. The lowest BCUT2D eigenvalue weighted by Gasteiger charge is -2.21. The molecule has 2 rings (SSSR count). The van der Waals surface area contributed by atoms with Gasteiger partial charge in [-0.25, -0.2) is 4.39 Å². The fourth-order valence-corrected chi connectivity index (χ4v) is 1.92. The second-order valence-corrected chi connectivity index (χ2v) is 5.03. The van der Waals surface area contributed by atoms with Crippen LogP contribution >= 0.6 is 0 Å². The summed E-state index contributed by atoms with van der Waals surface area (Å²) in [7, 11) is 0. The molecule has 20 heavy (non-hydrogen) atoms. The molecule has 1 N–H and O–H groups in total. The summed E-state index contributed by atoms with van der Waals surface area (Å²) in [4.78, 5) is 0. The van der Waals surface area contributed by atoms with Crippen LogP contribution in [0.4, 0.5) is 4.39 Å². The largest absolute Gasteiger partial charge is 0.484 e. The van der Waals surface area contributed by atoms with Crippen molar-refractivity contribution in [3.63, 3.8) is 0 Å². The van der Waals surface area contributed by atoms with E-state index in [1.807, 2.05) is 30.3 Å². The Kier molecular flexibility index (Phi) is 5.13. The maximum Gasteiger partial charge on any atom is 0.136 e. The van der Waals surface area contributed by atoms with E-state index < -0.39 is 0 Å². The SMILES string of the molecule is CC(C)NCC(Oc1ccc(F)cc1)c1ccccc1. The van der Waals surface area contributed by atoms with Gasteiger partial charge in [0, 0.05) is 12.6 Å². The Morgan fingerprint density at radius 1 is 1.00 bits per heavy atom. The van der Waals surface area contributed by atoms with Crippen molar-refractivity contribution in [2.24, 2.45) is 0 Å². The standard InChI is InChI=1S/C17H20FNO/c1-13(2)19-12-17(14-6-4-3-5-7-14)20-16-10-8-15(18)9-11-16/h3-11,13,17,19H,12H2,1-2H3. The maximum atomic E-state index is 12.9. The summed E-state index contributed by atoms with van der Waals surface area (Å²) in [6, 6.07) is 16.6. The molecule has 0 radical (unpaired) electrons. The Morgan fingerprint density at radius 2 is 1.65 bits per heavy atom. The van der Waals surface area contributed by atoms with E-state index in [-0.39, 0.29) is 11.9 Å². The van der Waals surface area contributed by atoms with Crippen molar-refractivity contribution in [2.45, 2.75) is 26.0 Å². The lowest BCUT2D eigenvalue weighted by atomic mass is 10.1. The molecule has 2 aromatic rings. The second kappa shape index (κ2) is 7.06. The third-order valence-corrected chi connectivity index (χ3v) is 2.97. The Hall–Kier alpha value is -1.87. The van der Waals surface area contributed by atoms with Gasteiger partial charge in [-0.3, -0.25) is 0 Å². The first-order valence-electron chi connectivity index (χ1n) is 6.85. The van der Waals surface area contributed by atoms with E-state index >= 15 is 0 Å². The highest BCUT2D eigenvalue weighted by molar-refractivity contribution is 5.25. The van der Waals surface area contributed by atoms with Gasteiger partial charge in [-0.05, 0) is 29.8 Å². The van der Waals surface area contributed by atoms with Crippen LogP contribution < -0.4 is 10.1 Å². The zero-order valence-electron chi connectivity index (χ0n) is 11.8. The van der Waals surface area contributed by atoms with E-state index in [4.69, 9.17) is 4.74 Å². The fraction of sp³-hybridized carbons (Fsp3) is 0.294. The summed E-state index contributed by atoms with van der Waals surface area (Å²) >= 11 is 0. The molecule has 0 heterocycles. The molecule has 0 fully saturated rings. The zero-order valence-corrected chi connectivity index (χ0v) is 11.8. The molecular weight excluding hydrogens is 253 g/mol. The zero-order chi connectivity index (χ0) is 14.4. The van der Waals surface area contributed by atoms with Gasteiger partial charge < -0.3 is 10.1 Å². The molecule has 3 heteroatoms. The molecule has 2 nitrogen and oxygen atoms in total. The Labute approximate surface area is 119 Å². The number of hydrogen-bond acceptors (Lipinski definition) is 2. The van der Waals surface area contributed by atoms with Crippen LogP contribution in [0.25, 0.3) is 0 Å². The van der Waals surface area contributed by atoms with E-state index in [1.165, 1.54) is 12.1 Å². The third-order valence-electron chi connectivity index (χ3n) is 2.97. The van der Waals surface area contributed by atoms with Crippen LogP contribution in [0.2, 0.25) is 0 Å². The molecule has 2 aromatic carbocycles. The molecular formula is C17H20FNO. The van der Waals surface area contributed by atoms with Crippen molar-refractivity contribution >= 4 is 0 Å². The molecule has 0 amide bonds. The number of rotatable bonds is 6. The lowest BCUT2D eigenvalue weighted by Crippen LogP contribution is -2.30. The van der Waals surface area contributed by atoms with E-state index in [1.54, 1.807) is 12.1 Å². The van der Waals surface area contributed by atoms with E-state index in [2.05, 4.69) is 19.2 Å². The first-order chi connectivity index (χ1) is 9.65. The van der Waals surface area contributed by atoms with Crippen LogP contribution in [-0.4, -0.2) is 12.6 Å². The molecule has 1 unspecified atom stereocenters. The molecule has 0 bridgehead atoms. The minimum atomic E-state index is -0.256. The first-order valence-corrected chi connectivity index (χ1v) is 6.85. The second-order valence-electron chi connectivity index (χ2n) is 5.03. The quantitative estimate of drug-likeness (QED) is 0.860. The maximum absolute atomic E-state index is 12.9. The Morgan fingerprint density at radius 3 is 2.25 bits per heavy atom. The normalized spacial score (nSPS) is 12.4. The van der Waals surface area contributed by atoms with Gasteiger partial charge in [0.05, 0.1) is 0 Å². The fourth-order valence-electron chi connectivity index (χ4n) is 1.92. The number of ether oxygens (including phenoxy) is 1. The molecule has 0 aliphatic rings. The van der Waals surface area contributed by atoms with Gasteiger partial charge >= 0.3 is 0 Å². The third kappa shape index (κ3) is 4.35. The van der Waals surface area contributed by atoms with Crippen LogP contribution in [-0.2, 0) is 0 Å². The van der Waals surface area contributed by atoms with Crippen LogP contribution in [0, 0.1) is 5.82 Å². The summed E-state index contributed by atoms with van der Waals surface area (Å²) in [6.07, 6.45) is -0.0935. The highest BCUT2D eigenvalue weighted by atomic mass is 19.1. The predicted molar refractivity (Wildman–Crippen MR) is 79.3 cm³/mol. The summed E-state index contributed by atoms with van der Waals surface area (Å²) in [5.74, 6) is 0.416. The number of hydrogen-bond donors (Lipinski definition) is 1. The van der Waals surface area contributed by atoms with Gasteiger partial charge in [0.15, 0.2) is 0 Å². The monoisotopic (exact) mass is 273 g/mol. The minimum absolute atomic E-state index is 0.0935. The van der Waals surface area contributed by atoms with Gasteiger partial charge in [0.2, 0.25) is 0 Å². The topological polar surface area (TPSA) is 21.3 Å². The number of benzene rings is 2. The van der Waals surface area contributed by atoms with Crippen molar-refractivity contribution in [1.29, 1.82) is 0 Å². The van der Waals surface area contributed by atoms with Gasteiger partial charge in [0.25, 0.3) is 0 Å². The highest BCUT2D eigenvalue weighted by Crippen LogP contribution is 2.21. The molecule has 0 saturated carbocycles. The average Bonchev–Trinajstić information content (AvgIpc) is 2.46. The Balaban J connectivity index is 2.12. The summed E-state index contributed by atoms with van der Waals surface area (Å²) in [5.41, 5.74) is 1.10.